The summed E-state index contributed by atoms with van der Waals surface area (Å²) in [4.78, 5) is 12.0. The summed E-state index contributed by atoms with van der Waals surface area (Å²) in [5.74, 6) is -3.65. The number of alkyl halides is 3. The minimum atomic E-state index is -4.40. The zero-order chi connectivity index (χ0) is 18.7. The van der Waals surface area contributed by atoms with Crippen LogP contribution in [0.25, 0.3) is 0 Å². The van der Waals surface area contributed by atoms with Crippen LogP contribution in [0, 0.1) is 5.92 Å². The Hall–Kier alpha value is -1.09. The van der Waals surface area contributed by atoms with Crippen LogP contribution in [0.2, 0.25) is 0 Å². The van der Waals surface area contributed by atoms with Crippen molar-refractivity contribution in [2.45, 2.75) is 43.7 Å². The van der Waals surface area contributed by atoms with Crippen LogP contribution in [0.5, 0.6) is 0 Å². The van der Waals surface area contributed by atoms with Gasteiger partial charge in [-0.1, -0.05) is 40.9 Å². The maximum Gasteiger partial charge on any atom is 0.393 e. The molecule has 0 aliphatic heterocycles. The summed E-state index contributed by atoms with van der Waals surface area (Å²) in [5, 5.41) is 2.28. The van der Waals surface area contributed by atoms with Crippen molar-refractivity contribution in [3.8, 4) is 0 Å². The number of hydrogen-bond acceptors (Lipinski definition) is 3. The molecule has 0 aromatic heterocycles. The van der Waals surface area contributed by atoms with Gasteiger partial charge in [0.05, 0.1) is 11.7 Å². The van der Waals surface area contributed by atoms with Crippen molar-refractivity contribution in [1.82, 2.24) is 5.32 Å². The third-order valence-electron chi connectivity index (χ3n) is 4.16. The van der Waals surface area contributed by atoms with Gasteiger partial charge in [0.15, 0.2) is 9.84 Å². The lowest BCUT2D eigenvalue weighted by Crippen LogP contribution is -2.49. The fraction of sp³-hybridized carbons (Fsp3) is 0.562. The number of carbonyl (C=O) groups excluding carboxylic acids is 1. The van der Waals surface area contributed by atoms with Crippen LogP contribution < -0.4 is 5.32 Å². The molecule has 0 saturated heterocycles. The van der Waals surface area contributed by atoms with E-state index in [1.54, 1.807) is 24.3 Å². The number of halogens is 4. The Morgan fingerprint density at radius 2 is 1.92 bits per heavy atom. The topological polar surface area (TPSA) is 63.2 Å². The van der Waals surface area contributed by atoms with Gasteiger partial charge >= 0.3 is 6.18 Å². The Bertz CT molecular complexity index is 722. The summed E-state index contributed by atoms with van der Waals surface area (Å²) >= 11 is 3.23. The van der Waals surface area contributed by atoms with Gasteiger partial charge in [0, 0.05) is 10.5 Å². The van der Waals surface area contributed by atoms with Gasteiger partial charge in [0.25, 0.3) is 0 Å². The fourth-order valence-corrected chi connectivity index (χ4v) is 4.79. The van der Waals surface area contributed by atoms with Gasteiger partial charge in [-0.3, -0.25) is 4.79 Å². The number of hydrogen-bond donors (Lipinski definition) is 1. The van der Waals surface area contributed by atoms with Crippen molar-refractivity contribution in [3.05, 3.63) is 34.3 Å². The molecule has 0 bridgehead atoms. The maximum absolute atomic E-state index is 13.0. The minimum absolute atomic E-state index is 0.0424. The first-order valence-electron chi connectivity index (χ1n) is 7.88. The molecule has 0 radical (unpaired) electrons. The van der Waals surface area contributed by atoms with E-state index in [1.807, 2.05) is 0 Å². The van der Waals surface area contributed by atoms with Crippen molar-refractivity contribution in [1.29, 1.82) is 0 Å². The van der Waals surface area contributed by atoms with Crippen LogP contribution in [0.3, 0.4) is 0 Å². The molecule has 4 nitrogen and oxygen atoms in total. The second-order valence-corrected chi connectivity index (χ2v) is 9.25. The molecule has 0 spiro atoms. The van der Waals surface area contributed by atoms with Gasteiger partial charge in [-0.25, -0.2) is 8.42 Å². The Morgan fingerprint density at radius 1 is 1.24 bits per heavy atom. The quantitative estimate of drug-likeness (QED) is 0.758. The summed E-state index contributed by atoms with van der Waals surface area (Å²) in [5.41, 5.74) is 0.507. The van der Waals surface area contributed by atoms with Gasteiger partial charge in [-0.2, -0.15) is 13.2 Å². The highest BCUT2D eigenvalue weighted by Crippen LogP contribution is 2.37. The van der Waals surface area contributed by atoms with E-state index >= 15 is 0 Å². The first-order chi connectivity index (χ1) is 11.6. The van der Waals surface area contributed by atoms with Crippen LogP contribution in [-0.4, -0.2) is 32.3 Å². The van der Waals surface area contributed by atoms with Crippen molar-refractivity contribution in [2.75, 3.05) is 5.75 Å². The smallest absolute Gasteiger partial charge is 0.352 e. The molecule has 9 heteroatoms. The number of amides is 1. The van der Waals surface area contributed by atoms with Crippen LogP contribution in [0.4, 0.5) is 13.2 Å². The molecule has 1 aromatic carbocycles. The highest BCUT2D eigenvalue weighted by molar-refractivity contribution is 9.10. The van der Waals surface area contributed by atoms with E-state index in [0.717, 1.165) is 0 Å². The van der Waals surface area contributed by atoms with Crippen molar-refractivity contribution in [2.24, 2.45) is 5.92 Å². The van der Waals surface area contributed by atoms with E-state index < -0.39 is 39.6 Å². The summed E-state index contributed by atoms with van der Waals surface area (Å²) in [6.07, 6.45) is -3.19. The highest BCUT2D eigenvalue weighted by Gasteiger charge is 2.46. The molecule has 2 unspecified atom stereocenters. The average Bonchev–Trinajstić information content (AvgIpc) is 2.45. The molecular formula is C16H19BrF3NO3S. The summed E-state index contributed by atoms with van der Waals surface area (Å²) in [6.45, 7) is 0. The van der Waals surface area contributed by atoms with E-state index in [4.69, 9.17) is 0 Å². The monoisotopic (exact) mass is 441 g/mol. The second kappa shape index (κ2) is 8.07. The maximum atomic E-state index is 13.0. The van der Waals surface area contributed by atoms with Gasteiger partial charge in [-0.15, -0.1) is 0 Å². The van der Waals surface area contributed by atoms with Crippen LogP contribution in [0.1, 0.15) is 31.2 Å². The third-order valence-corrected chi connectivity index (χ3v) is 6.13. The lowest BCUT2D eigenvalue weighted by Gasteiger charge is -2.33. The van der Waals surface area contributed by atoms with E-state index in [2.05, 4.69) is 21.2 Å². The summed E-state index contributed by atoms with van der Waals surface area (Å²) < 4.78 is 64.1. The molecule has 140 valence electrons. The number of sulfone groups is 1. The molecule has 1 amide bonds. The first-order valence-corrected chi connectivity index (χ1v) is 10.5. The van der Waals surface area contributed by atoms with Crippen molar-refractivity contribution < 1.29 is 26.4 Å². The molecule has 1 aliphatic carbocycles. The van der Waals surface area contributed by atoms with Gasteiger partial charge in [-0.05, 0) is 30.5 Å². The SMILES string of the molecule is O=C(CS(=O)(=O)Cc1cccc(Br)c1)NC1CCCCC1C(F)(F)F. The second-order valence-electron chi connectivity index (χ2n) is 6.27. The number of nitrogens with one attached hydrogen (secondary N) is 1. The van der Waals surface area contributed by atoms with E-state index in [-0.39, 0.29) is 18.6 Å². The Kier molecular flexibility index (Phi) is 6.53. The predicted octanol–water partition coefficient (Wildman–Crippen LogP) is 3.60. The Morgan fingerprint density at radius 3 is 2.56 bits per heavy atom. The summed E-state index contributed by atoms with van der Waals surface area (Å²) in [7, 11) is -3.77. The molecule has 1 N–H and O–H groups in total. The molecule has 1 aromatic rings. The standard InChI is InChI=1S/C16H19BrF3NO3S/c17-12-5-3-4-11(8-12)9-25(23,24)10-15(22)21-14-7-2-1-6-13(14)16(18,19)20/h3-5,8,13-14H,1-2,6-7,9-10H2,(H,21,22). The summed E-state index contributed by atoms with van der Waals surface area (Å²) in [6, 6.07) is 5.59. The van der Waals surface area contributed by atoms with Crippen LogP contribution in [0.15, 0.2) is 28.7 Å². The fourth-order valence-electron chi connectivity index (χ4n) is 3.08. The van der Waals surface area contributed by atoms with Crippen molar-refractivity contribution >= 4 is 31.7 Å². The number of benzene rings is 1. The van der Waals surface area contributed by atoms with Crippen LogP contribution in [-0.2, 0) is 20.4 Å². The van der Waals surface area contributed by atoms with Crippen molar-refractivity contribution in [3.63, 3.8) is 0 Å². The Balaban J connectivity index is 1.98. The predicted molar refractivity (Wildman–Crippen MR) is 91.6 cm³/mol. The minimum Gasteiger partial charge on any atom is -0.352 e. The molecule has 25 heavy (non-hydrogen) atoms. The first kappa shape index (κ1) is 20.2. The lowest BCUT2D eigenvalue weighted by atomic mass is 9.84. The molecule has 1 aliphatic rings. The zero-order valence-corrected chi connectivity index (χ0v) is 15.8. The number of carbonyl (C=O) groups is 1. The van der Waals surface area contributed by atoms with Gasteiger partial charge < -0.3 is 5.32 Å². The van der Waals surface area contributed by atoms with E-state index in [1.165, 1.54) is 0 Å². The molecule has 2 rings (SSSR count). The third kappa shape index (κ3) is 6.29. The number of rotatable bonds is 5. The van der Waals surface area contributed by atoms with Gasteiger partial charge in [0.2, 0.25) is 5.91 Å². The van der Waals surface area contributed by atoms with Crippen LogP contribution >= 0.6 is 15.9 Å². The van der Waals surface area contributed by atoms with Gasteiger partial charge in [0.1, 0.15) is 5.75 Å². The normalized spacial score (nSPS) is 21.8. The molecular weight excluding hydrogens is 423 g/mol. The highest BCUT2D eigenvalue weighted by atomic mass is 79.9. The van der Waals surface area contributed by atoms with E-state index in [0.29, 0.717) is 22.9 Å². The lowest BCUT2D eigenvalue weighted by molar-refractivity contribution is -0.189. The largest absolute Gasteiger partial charge is 0.393 e. The molecule has 0 heterocycles. The Labute approximate surface area is 153 Å². The zero-order valence-electron chi connectivity index (χ0n) is 13.4. The molecule has 1 fully saturated rings. The van der Waals surface area contributed by atoms with E-state index in [9.17, 15) is 26.4 Å². The molecule has 2 atom stereocenters. The average molecular weight is 442 g/mol. The molecule has 1 saturated carbocycles.